The summed E-state index contributed by atoms with van der Waals surface area (Å²) >= 11 is 1.52. The van der Waals surface area contributed by atoms with E-state index in [4.69, 9.17) is 9.47 Å². The number of benzene rings is 1. The summed E-state index contributed by atoms with van der Waals surface area (Å²) in [6.45, 7) is 10.7. The fourth-order valence-electron chi connectivity index (χ4n) is 3.45. The number of thiazole rings is 1. The number of nitrogens with one attached hydrogen (secondary N) is 1. The van der Waals surface area contributed by atoms with Crippen LogP contribution >= 0.6 is 11.3 Å². The van der Waals surface area contributed by atoms with Gasteiger partial charge in [0.05, 0.1) is 26.3 Å². The number of amides is 1. The lowest BCUT2D eigenvalue weighted by atomic mass is 9.82. The largest absolute Gasteiger partial charge is 0.493 e. The normalized spacial score (nSPS) is 12.0. The van der Waals surface area contributed by atoms with Gasteiger partial charge >= 0.3 is 0 Å². The van der Waals surface area contributed by atoms with Crippen LogP contribution in [-0.2, 0) is 11.2 Å². The Hall–Kier alpha value is -2.08. The molecule has 0 spiro atoms. The molecule has 148 valence electrons. The van der Waals surface area contributed by atoms with Crippen LogP contribution in [0.3, 0.4) is 0 Å². The summed E-state index contributed by atoms with van der Waals surface area (Å²) < 4.78 is 10.6. The van der Waals surface area contributed by atoms with E-state index in [9.17, 15) is 4.79 Å². The number of hydrogen-bond donors (Lipinski definition) is 1. The molecule has 5 nitrogen and oxygen atoms in total. The third kappa shape index (κ3) is 6.24. The molecule has 0 radical (unpaired) electrons. The topological polar surface area (TPSA) is 60.5 Å². The molecule has 1 N–H and O–H groups in total. The molecule has 0 aliphatic heterocycles. The Morgan fingerprint density at radius 2 is 1.78 bits per heavy atom. The van der Waals surface area contributed by atoms with E-state index in [0.717, 1.165) is 22.7 Å². The van der Waals surface area contributed by atoms with Gasteiger partial charge in [-0.15, -0.1) is 11.3 Å². The van der Waals surface area contributed by atoms with E-state index in [-0.39, 0.29) is 23.3 Å². The first-order chi connectivity index (χ1) is 12.5. The van der Waals surface area contributed by atoms with Crippen molar-refractivity contribution in [2.45, 2.75) is 53.0 Å². The number of hydrogen-bond acceptors (Lipinski definition) is 5. The molecule has 1 heterocycles. The number of carbonyl (C=O) groups excluding carboxylic acids is 1. The second-order valence-corrected chi connectivity index (χ2v) is 9.42. The first-order valence-electron chi connectivity index (χ1n) is 9.01. The highest BCUT2D eigenvalue weighted by molar-refractivity contribution is 7.13. The van der Waals surface area contributed by atoms with Gasteiger partial charge in [-0.1, -0.05) is 20.8 Å². The highest BCUT2D eigenvalue weighted by Gasteiger charge is 2.27. The molecule has 0 fully saturated rings. The number of ether oxygens (including phenoxy) is 2. The smallest absolute Gasteiger partial charge is 0.226 e. The second kappa shape index (κ2) is 8.30. The molecule has 2 aromatic rings. The number of nitrogens with zero attached hydrogens (tertiary/aromatic N) is 1. The van der Waals surface area contributed by atoms with E-state index < -0.39 is 0 Å². The highest BCUT2D eigenvalue weighted by atomic mass is 32.1. The summed E-state index contributed by atoms with van der Waals surface area (Å²) in [6.07, 6.45) is 1.18. The van der Waals surface area contributed by atoms with Gasteiger partial charge in [0.2, 0.25) is 5.91 Å². The van der Waals surface area contributed by atoms with Crippen LogP contribution in [0.1, 0.15) is 46.7 Å². The first-order valence-corrected chi connectivity index (χ1v) is 9.89. The molecule has 0 saturated heterocycles. The highest BCUT2D eigenvalue weighted by Crippen LogP contribution is 2.33. The zero-order valence-corrected chi connectivity index (χ0v) is 18.1. The van der Waals surface area contributed by atoms with Crippen molar-refractivity contribution < 1.29 is 14.3 Å². The average molecular weight is 391 g/mol. The Labute approximate surface area is 166 Å². The van der Waals surface area contributed by atoms with Crippen LogP contribution in [0.4, 0.5) is 0 Å². The molecule has 2 rings (SSSR count). The third-order valence-corrected chi connectivity index (χ3v) is 4.91. The second-order valence-electron chi connectivity index (χ2n) is 8.56. The molecular weight excluding hydrogens is 360 g/mol. The predicted octanol–water partition coefficient (Wildman–Crippen LogP) is 4.70. The maximum atomic E-state index is 12.5. The molecule has 1 aromatic heterocycles. The Balaban J connectivity index is 2.07. The molecule has 0 atom stereocenters. The minimum atomic E-state index is -0.252. The number of aromatic nitrogens is 1. The summed E-state index contributed by atoms with van der Waals surface area (Å²) in [5.74, 6) is 1.33. The van der Waals surface area contributed by atoms with Crippen LogP contribution in [0.2, 0.25) is 0 Å². The summed E-state index contributed by atoms with van der Waals surface area (Å²) in [5.41, 5.74) is 1.61. The van der Waals surface area contributed by atoms with Gasteiger partial charge in [0.15, 0.2) is 11.5 Å². The fourth-order valence-corrected chi connectivity index (χ4v) is 4.26. The maximum Gasteiger partial charge on any atom is 0.226 e. The summed E-state index contributed by atoms with van der Waals surface area (Å²) in [5, 5.41) is 5.92. The van der Waals surface area contributed by atoms with E-state index in [1.165, 1.54) is 11.3 Å². The summed E-state index contributed by atoms with van der Waals surface area (Å²) in [6, 6.07) is 5.70. The van der Waals surface area contributed by atoms with Crippen molar-refractivity contribution in [2.24, 2.45) is 5.41 Å². The predicted molar refractivity (Wildman–Crippen MR) is 111 cm³/mol. The average Bonchev–Trinajstić information content (AvgIpc) is 2.99. The lowest BCUT2D eigenvalue weighted by Gasteiger charge is -2.33. The Kier molecular flexibility index (Phi) is 6.52. The van der Waals surface area contributed by atoms with Crippen molar-refractivity contribution in [1.82, 2.24) is 10.3 Å². The molecule has 0 unspecified atom stereocenters. The molecule has 0 saturated carbocycles. The zero-order valence-electron chi connectivity index (χ0n) is 17.3. The summed E-state index contributed by atoms with van der Waals surface area (Å²) in [4.78, 5) is 17.1. The monoisotopic (exact) mass is 390 g/mol. The number of rotatable bonds is 7. The van der Waals surface area contributed by atoms with Crippen LogP contribution in [0.15, 0.2) is 23.6 Å². The van der Waals surface area contributed by atoms with E-state index in [2.05, 4.69) is 44.9 Å². The van der Waals surface area contributed by atoms with E-state index in [1.54, 1.807) is 14.2 Å². The summed E-state index contributed by atoms with van der Waals surface area (Å²) in [7, 11) is 3.22. The van der Waals surface area contributed by atoms with E-state index in [1.807, 2.05) is 23.6 Å². The van der Waals surface area contributed by atoms with Crippen LogP contribution in [0.25, 0.3) is 10.6 Å². The Morgan fingerprint density at radius 3 is 2.37 bits per heavy atom. The van der Waals surface area contributed by atoms with Gasteiger partial charge in [0.25, 0.3) is 0 Å². The SMILES string of the molecule is COc1ccc(-c2nc(CC(=O)NC(C)(C)CC(C)(C)C)cs2)cc1OC. The molecule has 27 heavy (non-hydrogen) atoms. The van der Waals surface area contributed by atoms with Gasteiger partial charge in [-0.2, -0.15) is 0 Å². The zero-order chi connectivity index (χ0) is 20.2. The molecule has 1 aromatic carbocycles. The molecule has 6 heteroatoms. The fraction of sp³-hybridized carbons (Fsp3) is 0.524. The van der Waals surface area contributed by atoms with Crippen molar-refractivity contribution in [3.8, 4) is 22.1 Å². The van der Waals surface area contributed by atoms with Crippen LogP contribution in [0, 0.1) is 5.41 Å². The third-order valence-electron chi connectivity index (χ3n) is 3.97. The molecule has 0 bridgehead atoms. The van der Waals surface area contributed by atoms with Crippen molar-refractivity contribution in [2.75, 3.05) is 14.2 Å². The van der Waals surface area contributed by atoms with E-state index >= 15 is 0 Å². The standard InChI is InChI=1S/C21H30N2O3S/c1-20(2,3)13-21(4,5)23-18(24)11-15-12-27-19(22-15)14-8-9-16(25-6)17(10-14)26-7/h8-10,12H,11,13H2,1-7H3,(H,23,24). The maximum absolute atomic E-state index is 12.5. The molecule has 0 aliphatic rings. The molecule has 0 aliphatic carbocycles. The molecule has 1 amide bonds. The van der Waals surface area contributed by atoms with Crippen molar-refractivity contribution in [1.29, 1.82) is 0 Å². The van der Waals surface area contributed by atoms with Gasteiger partial charge in [-0.25, -0.2) is 4.98 Å². The lowest BCUT2D eigenvalue weighted by Crippen LogP contribution is -2.46. The van der Waals surface area contributed by atoms with Gasteiger partial charge in [-0.3, -0.25) is 4.79 Å². The van der Waals surface area contributed by atoms with Crippen molar-refractivity contribution in [3.63, 3.8) is 0 Å². The van der Waals surface area contributed by atoms with Crippen molar-refractivity contribution in [3.05, 3.63) is 29.3 Å². The Bertz CT molecular complexity index is 791. The van der Waals surface area contributed by atoms with Crippen LogP contribution in [0.5, 0.6) is 11.5 Å². The number of carbonyl (C=O) groups is 1. The van der Waals surface area contributed by atoms with Gasteiger partial charge in [0, 0.05) is 16.5 Å². The quantitative estimate of drug-likeness (QED) is 0.744. The van der Waals surface area contributed by atoms with Crippen LogP contribution < -0.4 is 14.8 Å². The molecular formula is C21H30N2O3S. The minimum Gasteiger partial charge on any atom is -0.493 e. The van der Waals surface area contributed by atoms with Crippen LogP contribution in [-0.4, -0.2) is 30.6 Å². The number of methoxy groups -OCH3 is 2. The Morgan fingerprint density at radius 1 is 1.11 bits per heavy atom. The van der Waals surface area contributed by atoms with E-state index in [0.29, 0.717) is 11.5 Å². The van der Waals surface area contributed by atoms with Crippen molar-refractivity contribution >= 4 is 17.2 Å². The van der Waals surface area contributed by atoms with Gasteiger partial charge in [0.1, 0.15) is 5.01 Å². The van der Waals surface area contributed by atoms with Gasteiger partial charge < -0.3 is 14.8 Å². The first kappa shape index (κ1) is 21.2. The lowest BCUT2D eigenvalue weighted by molar-refractivity contribution is -0.122. The minimum absolute atomic E-state index is 0.00610. The van der Waals surface area contributed by atoms with Gasteiger partial charge in [-0.05, 0) is 43.9 Å².